The fourth-order valence-electron chi connectivity index (χ4n) is 2.89. The van der Waals surface area contributed by atoms with Gasteiger partial charge in [0, 0.05) is 12.1 Å². The molecular formula is C14H21NO4. The fourth-order valence-corrected chi connectivity index (χ4v) is 2.89. The third-order valence-corrected chi connectivity index (χ3v) is 3.96. The van der Waals surface area contributed by atoms with Crippen molar-refractivity contribution in [2.45, 2.75) is 44.2 Å². The first-order chi connectivity index (χ1) is 9.00. The van der Waals surface area contributed by atoms with Gasteiger partial charge in [-0.25, -0.2) is 0 Å². The van der Waals surface area contributed by atoms with Crippen LogP contribution in [0.2, 0.25) is 0 Å². The Morgan fingerprint density at radius 2 is 1.53 bits per heavy atom. The standard InChI is InChI=1S/C14H21NO4/c15-13(14(19)8-4-2-1-3-5-8)12-10(17)6-9(16)7-11(12)18/h6-8,13-14,16-19H,1-5,15H2/t13-,14+/m0/s1. The van der Waals surface area contributed by atoms with E-state index >= 15 is 0 Å². The highest BCUT2D eigenvalue weighted by Crippen LogP contribution is 2.39. The zero-order valence-electron chi connectivity index (χ0n) is 10.8. The van der Waals surface area contributed by atoms with E-state index in [2.05, 4.69) is 0 Å². The molecule has 0 bridgehead atoms. The van der Waals surface area contributed by atoms with E-state index in [1.165, 1.54) is 6.42 Å². The van der Waals surface area contributed by atoms with E-state index in [4.69, 9.17) is 5.73 Å². The normalized spacial score (nSPS) is 20.1. The van der Waals surface area contributed by atoms with E-state index < -0.39 is 12.1 Å². The summed E-state index contributed by atoms with van der Waals surface area (Å²) in [5.41, 5.74) is 6.06. The van der Waals surface area contributed by atoms with Crippen LogP contribution >= 0.6 is 0 Å². The van der Waals surface area contributed by atoms with Crippen molar-refractivity contribution in [3.05, 3.63) is 17.7 Å². The van der Waals surface area contributed by atoms with Gasteiger partial charge in [-0.1, -0.05) is 19.3 Å². The molecule has 0 aromatic heterocycles. The van der Waals surface area contributed by atoms with Crippen LogP contribution in [-0.4, -0.2) is 26.5 Å². The monoisotopic (exact) mass is 267 g/mol. The number of aliphatic hydroxyl groups excluding tert-OH is 1. The molecule has 5 nitrogen and oxygen atoms in total. The molecule has 0 saturated heterocycles. The van der Waals surface area contributed by atoms with Gasteiger partial charge < -0.3 is 26.2 Å². The summed E-state index contributed by atoms with van der Waals surface area (Å²) in [6.07, 6.45) is 4.34. The number of phenols is 3. The van der Waals surface area contributed by atoms with Gasteiger partial charge in [-0.15, -0.1) is 0 Å². The minimum absolute atomic E-state index is 0.0934. The van der Waals surface area contributed by atoms with Crippen LogP contribution in [0.1, 0.15) is 43.7 Å². The van der Waals surface area contributed by atoms with E-state index in [1.54, 1.807) is 0 Å². The Kier molecular flexibility index (Phi) is 4.17. The summed E-state index contributed by atoms with van der Waals surface area (Å²) in [4.78, 5) is 0. The Labute approximate surface area is 112 Å². The summed E-state index contributed by atoms with van der Waals surface area (Å²) in [6.45, 7) is 0. The molecule has 106 valence electrons. The van der Waals surface area contributed by atoms with Crippen LogP contribution in [0.4, 0.5) is 0 Å². The molecule has 0 spiro atoms. The predicted molar refractivity (Wildman–Crippen MR) is 70.9 cm³/mol. The minimum Gasteiger partial charge on any atom is -0.508 e. The van der Waals surface area contributed by atoms with Crippen LogP contribution < -0.4 is 5.73 Å². The van der Waals surface area contributed by atoms with Crippen LogP contribution in [0.5, 0.6) is 17.2 Å². The molecule has 1 fully saturated rings. The lowest BCUT2D eigenvalue weighted by molar-refractivity contribution is 0.0603. The Morgan fingerprint density at radius 3 is 2.05 bits per heavy atom. The average Bonchev–Trinajstić information content (AvgIpc) is 2.37. The molecule has 6 N–H and O–H groups in total. The molecule has 2 rings (SSSR count). The first kappa shape index (κ1) is 14.0. The summed E-state index contributed by atoms with van der Waals surface area (Å²) in [7, 11) is 0. The van der Waals surface area contributed by atoms with Crippen molar-refractivity contribution >= 4 is 0 Å². The van der Waals surface area contributed by atoms with Gasteiger partial charge in [0.1, 0.15) is 17.2 Å². The smallest absolute Gasteiger partial charge is 0.127 e. The molecule has 0 amide bonds. The van der Waals surface area contributed by atoms with Crippen LogP contribution in [0, 0.1) is 5.92 Å². The zero-order chi connectivity index (χ0) is 14.0. The Bertz CT molecular complexity index is 420. The highest BCUT2D eigenvalue weighted by atomic mass is 16.3. The molecule has 0 unspecified atom stereocenters. The Morgan fingerprint density at radius 1 is 1.00 bits per heavy atom. The van der Waals surface area contributed by atoms with Crippen LogP contribution in [0.25, 0.3) is 0 Å². The molecule has 1 saturated carbocycles. The highest BCUT2D eigenvalue weighted by molar-refractivity contribution is 5.50. The summed E-state index contributed by atoms with van der Waals surface area (Å²) < 4.78 is 0. The van der Waals surface area contributed by atoms with Gasteiger partial charge in [-0.05, 0) is 18.8 Å². The van der Waals surface area contributed by atoms with Crippen LogP contribution in [0.15, 0.2) is 12.1 Å². The lowest BCUT2D eigenvalue weighted by Crippen LogP contribution is -2.34. The van der Waals surface area contributed by atoms with Gasteiger partial charge in [0.25, 0.3) is 0 Å². The van der Waals surface area contributed by atoms with Crippen molar-refractivity contribution in [1.82, 2.24) is 0 Å². The number of aliphatic hydroxyl groups is 1. The minimum atomic E-state index is -0.858. The van der Waals surface area contributed by atoms with Gasteiger partial charge in [-0.3, -0.25) is 0 Å². The second-order valence-corrected chi connectivity index (χ2v) is 5.31. The Balaban J connectivity index is 2.20. The van der Waals surface area contributed by atoms with Crippen LogP contribution in [0.3, 0.4) is 0 Å². The molecule has 19 heavy (non-hydrogen) atoms. The predicted octanol–water partition coefficient (Wildman–Crippen LogP) is 1.74. The van der Waals surface area contributed by atoms with Gasteiger partial charge in [-0.2, -0.15) is 0 Å². The van der Waals surface area contributed by atoms with Gasteiger partial charge >= 0.3 is 0 Å². The maximum Gasteiger partial charge on any atom is 0.127 e. The summed E-state index contributed by atoms with van der Waals surface area (Å²) >= 11 is 0. The van der Waals surface area contributed by atoms with Crippen molar-refractivity contribution in [2.24, 2.45) is 11.7 Å². The number of hydrogen-bond acceptors (Lipinski definition) is 5. The lowest BCUT2D eigenvalue weighted by atomic mass is 9.81. The lowest BCUT2D eigenvalue weighted by Gasteiger charge is -2.31. The van der Waals surface area contributed by atoms with Crippen molar-refractivity contribution < 1.29 is 20.4 Å². The van der Waals surface area contributed by atoms with Crippen molar-refractivity contribution in [2.75, 3.05) is 0 Å². The Hall–Kier alpha value is -1.46. The average molecular weight is 267 g/mol. The van der Waals surface area contributed by atoms with Gasteiger partial charge in [0.2, 0.25) is 0 Å². The number of hydrogen-bond donors (Lipinski definition) is 5. The second kappa shape index (κ2) is 5.67. The maximum absolute atomic E-state index is 10.3. The fraction of sp³-hybridized carbons (Fsp3) is 0.571. The topological polar surface area (TPSA) is 107 Å². The van der Waals surface area contributed by atoms with E-state index in [-0.39, 0.29) is 28.7 Å². The first-order valence-electron chi connectivity index (χ1n) is 6.69. The van der Waals surface area contributed by atoms with E-state index in [0.717, 1.165) is 37.8 Å². The highest BCUT2D eigenvalue weighted by Gasteiger charge is 2.30. The largest absolute Gasteiger partial charge is 0.508 e. The van der Waals surface area contributed by atoms with Crippen molar-refractivity contribution in [3.63, 3.8) is 0 Å². The van der Waals surface area contributed by atoms with Crippen LogP contribution in [-0.2, 0) is 0 Å². The first-order valence-corrected chi connectivity index (χ1v) is 6.69. The third-order valence-electron chi connectivity index (χ3n) is 3.96. The van der Waals surface area contributed by atoms with Gasteiger partial charge in [0.05, 0.1) is 17.7 Å². The van der Waals surface area contributed by atoms with Crippen molar-refractivity contribution in [3.8, 4) is 17.2 Å². The molecule has 0 radical (unpaired) electrons. The zero-order valence-corrected chi connectivity index (χ0v) is 10.8. The maximum atomic E-state index is 10.3. The molecule has 0 heterocycles. The third kappa shape index (κ3) is 2.93. The molecular weight excluding hydrogens is 246 g/mol. The molecule has 5 heteroatoms. The summed E-state index contributed by atoms with van der Waals surface area (Å²) in [5.74, 6) is -0.728. The number of aromatic hydroxyl groups is 3. The quantitative estimate of drug-likeness (QED) is 0.573. The number of rotatable bonds is 3. The van der Waals surface area contributed by atoms with E-state index in [9.17, 15) is 20.4 Å². The van der Waals surface area contributed by atoms with Gasteiger partial charge in [0.15, 0.2) is 0 Å². The van der Waals surface area contributed by atoms with E-state index in [0.29, 0.717) is 0 Å². The summed E-state index contributed by atoms with van der Waals surface area (Å²) in [6, 6.07) is 1.37. The van der Waals surface area contributed by atoms with E-state index in [1.807, 2.05) is 0 Å². The second-order valence-electron chi connectivity index (χ2n) is 5.31. The number of benzene rings is 1. The van der Waals surface area contributed by atoms with Crippen molar-refractivity contribution in [1.29, 1.82) is 0 Å². The summed E-state index contributed by atoms with van der Waals surface area (Å²) in [5, 5.41) is 39.1. The number of nitrogens with two attached hydrogens (primary N) is 1. The molecule has 1 aromatic rings. The molecule has 1 aliphatic carbocycles. The SMILES string of the molecule is N[C@@H](c1c(O)cc(O)cc1O)[C@H](O)C1CCCCC1. The molecule has 1 aliphatic rings. The molecule has 1 aromatic carbocycles. The number of phenolic OH excluding ortho intramolecular Hbond substituents is 3. The molecule has 2 atom stereocenters. The molecule has 0 aliphatic heterocycles.